The van der Waals surface area contributed by atoms with Gasteiger partial charge < -0.3 is 14.2 Å². The summed E-state index contributed by atoms with van der Waals surface area (Å²) in [5.41, 5.74) is -0.927. The minimum atomic E-state index is -4.30. The Hall–Kier alpha value is -5.51. The molecule has 0 spiro atoms. The molecule has 3 N–H and O–H groups in total. The van der Waals surface area contributed by atoms with Crippen molar-refractivity contribution in [3.63, 3.8) is 0 Å². The molecular formula is C73H78Cl3F6N3O15S6. The summed E-state index contributed by atoms with van der Waals surface area (Å²) in [7, 11) is -23.7. The fourth-order valence-corrected chi connectivity index (χ4v) is 32.0. The predicted molar refractivity (Wildman–Crippen MR) is 387 cm³/mol. The summed E-state index contributed by atoms with van der Waals surface area (Å²) in [6, 6.07) is 20.8. The van der Waals surface area contributed by atoms with Gasteiger partial charge in [0.25, 0.3) is 0 Å². The van der Waals surface area contributed by atoms with E-state index in [4.69, 9.17) is 49.0 Å². The minimum Gasteiger partial charge on any atom is -0.490 e. The number of benzene rings is 6. The molecule has 3 saturated heterocycles. The van der Waals surface area contributed by atoms with Gasteiger partial charge in [0.15, 0.2) is 64.2 Å². The van der Waals surface area contributed by atoms with E-state index in [1.807, 2.05) is 13.8 Å². The highest BCUT2D eigenvalue weighted by atomic mass is 35.5. The smallest absolute Gasteiger partial charge is 0.215 e. The van der Waals surface area contributed by atoms with E-state index < -0.39 is 190 Å². The van der Waals surface area contributed by atoms with Gasteiger partial charge in [-0.05, 0) is 204 Å². The summed E-state index contributed by atoms with van der Waals surface area (Å²) < 4.78 is 274. The summed E-state index contributed by atoms with van der Waals surface area (Å²) >= 11 is 18.0. The lowest BCUT2D eigenvalue weighted by molar-refractivity contribution is 0.0488. The van der Waals surface area contributed by atoms with Gasteiger partial charge in [-0.3, -0.25) is 0 Å². The van der Waals surface area contributed by atoms with Crippen molar-refractivity contribution in [2.45, 2.75) is 173 Å². The Labute approximate surface area is 629 Å². The van der Waals surface area contributed by atoms with Crippen LogP contribution < -0.4 is 28.4 Å². The van der Waals surface area contributed by atoms with Gasteiger partial charge in [-0.1, -0.05) is 74.0 Å². The highest BCUT2D eigenvalue weighted by Crippen LogP contribution is 2.64. The summed E-state index contributed by atoms with van der Waals surface area (Å²) in [4.78, 5) is -0.171. The molecule has 18 nitrogen and oxygen atoms in total. The van der Waals surface area contributed by atoms with Gasteiger partial charge in [-0.25, -0.2) is 91.0 Å². The summed E-state index contributed by atoms with van der Waals surface area (Å²) in [5.74, 6) is -10.0. The van der Waals surface area contributed by atoms with Crippen LogP contribution in [-0.4, -0.2) is 104 Å². The first-order valence-electron chi connectivity index (χ1n) is 35.1. The van der Waals surface area contributed by atoms with Crippen molar-refractivity contribution in [3.05, 3.63) is 189 Å². The van der Waals surface area contributed by atoms with E-state index >= 15 is 13.2 Å². The standard InChI is InChI=1S/C25H28ClF2NO5S2.C24H26ClF2NO5S2.C24H24ClF2NO5S2/c1-2-3-4-17-13-18-19-14-34-24-21(28)10-9-20(27)23(24)25(19,12-11-22(18)29-36(17,32)33)35(30,31)16-7-5-15(26)6-8-16;2*1-2-3-16-12-17-18-13-33-23-20(27)9-8-19(26)22(23)24(18,11-10-21(17)28-35(16,31)32)34(29,30)15-6-4-14(25)5-7-15/h5-10,17-19,22,29H,2-4,11-14H2,1H3;4-9,16-18,21,28H,2-3,10-13H2,1H3;2,4-9,16-18,21,28H,1,3,10-13H2/t17-,18+,19+,22-,25+;2*16-,17+,18+,21-,24+/m111/s1. The Balaban J connectivity index is 0.000000141. The average molecular weight is 1650 g/mol. The van der Waals surface area contributed by atoms with Crippen LogP contribution in [0.5, 0.6) is 17.2 Å². The number of nitrogens with one attached hydrogen (secondary N) is 3. The number of sulfone groups is 3. The van der Waals surface area contributed by atoms with Crippen molar-refractivity contribution in [2.75, 3.05) is 19.8 Å². The molecule has 0 radical (unpaired) electrons. The SMILES string of the molecule is C=CC[C@@H]1C[C@@H]2[C@@H](CC[C@@]3(S(=O)(=O)c4ccc(Cl)cc4)c4c(F)ccc(F)c4OC[C@@H]23)NS1(=O)=O.CCCC[C@@H]1C[C@@H]2[C@@H](CC[C@@]3(S(=O)(=O)c4ccc(Cl)cc4)c4c(F)ccc(F)c4OC[C@@H]23)NS1(=O)=O.CCC[C@@H]1C[C@@H]2[C@@H](CC[C@@]3(S(=O)(=O)c4ccc(Cl)cc4)c4c(F)ccc(F)c4OC[C@@H]23)NS1(=O)=O. The maximum Gasteiger partial charge on any atom is 0.215 e. The summed E-state index contributed by atoms with van der Waals surface area (Å²) in [6.45, 7) is 6.98. The first kappa shape index (κ1) is 78.6. The lowest BCUT2D eigenvalue weighted by atomic mass is 9.64. The van der Waals surface area contributed by atoms with E-state index in [1.165, 1.54) is 78.9 Å². The molecule has 15 atom stereocenters. The third kappa shape index (κ3) is 13.0. The van der Waals surface area contributed by atoms with Gasteiger partial charge in [0, 0.05) is 50.9 Å². The number of ether oxygens (including phenoxy) is 3. The van der Waals surface area contributed by atoms with Crippen LogP contribution in [0, 0.1) is 70.4 Å². The fraction of sp³-hybridized carbons (Fsp3) is 0.479. The Kier molecular flexibility index (Phi) is 21.7. The molecule has 6 heterocycles. The van der Waals surface area contributed by atoms with Crippen LogP contribution >= 0.6 is 34.8 Å². The zero-order valence-corrected chi connectivity index (χ0v) is 64.5. The van der Waals surface area contributed by atoms with Crippen LogP contribution in [0.3, 0.4) is 0 Å². The first-order valence-corrected chi connectivity index (χ1v) is 45.3. The Bertz CT molecular complexity index is 5160. The minimum absolute atomic E-state index is 0.0502. The van der Waals surface area contributed by atoms with Gasteiger partial charge in [-0.2, -0.15) is 0 Å². The summed E-state index contributed by atoms with van der Waals surface area (Å²) in [6.07, 6.45) is 5.56. The van der Waals surface area contributed by atoms with Gasteiger partial charge in [0.05, 0.1) is 66.9 Å². The van der Waals surface area contributed by atoms with E-state index in [2.05, 4.69) is 20.7 Å². The van der Waals surface area contributed by atoms with Crippen LogP contribution in [0.15, 0.2) is 137 Å². The topological polar surface area (TPSA) is 269 Å². The Morgan fingerprint density at radius 2 is 0.717 bits per heavy atom. The second kappa shape index (κ2) is 29.3. The van der Waals surface area contributed by atoms with E-state index in [9.17, 15) is 63.7 Å². The van der Waals surface area contributed by atoms with Crippen LogP contribution in [0.25, 0.3) is 0 Å². The third-order valence-electron chi connectivity index (χ3n) is 23.6. The predicted octanol–water partition coefficient (Wildman–Crippen LogP) is 13.9. The molecule has 574 valence electrons. The third-order valence-corrected chi connectivity index (χ3v) is 37.9. The van der Waals surface area contributed by atoms with Gasteiger partial charge in [0.1, 0.15) is 31.7 Å². The van der Waals surface area contributed by atoms with E-state index in [-0.39, 0.29) is 121 Å². The molecule has 106 heavy (non-hydrogen) atoms. The molecule has 0 unspecified atom stereocenters. The molecule has 33 heteroatoms. The average Bonchev–Trinajstić information content (AvgIpc) is 0.701. The quantitative estimate of drug-likeness (QED) is 0.0716. The monoisotopic (exact) mass is 1650 g/mol. The molecule has 6 aromatic carbocycles. The number of halogens is 9. The molecule has 15 rings (SSSR count). The Morgan fingerprint density at radius 3 is 1.01 bits per heavy atom. The largest absolute Gasteiger partial charge is 0.490 e. The number of hydrogen-bond donors (Lipinski definition) is 3. The van der Waals surface area contributed by atoms with Crippen molar-refractivity contribution >= 4 is 94.4 Å². The molecule has 9 aliphatic rings. The zero-order chi connectivity index (χ0) is 76.2. The van der Waals surface area contributed by atoms with Gasteiger partial charge in [0.2, 0.25) is 30.1 Å². The number of hydrogen-bond acceptors (Lipinski definition) is 15. The number of allylic oxidation sites excluding steroid dienone is 1. The molecule has 3 saturated carbocycles. The molecular weight excluding hydrogens is 1570 g/mol. The first-order chi connectivity index (χ1) is 50.1. The number of fused-ring (bicyclic) bond motifs is 15. The van der Waals surface area contributed by atoms with Crippen LogP contribution in [-0.2, 0) is 73.8 Å². The molecule has 0 aromatic heterocycles. The maximum atomic E-state index is 15.5. The van der Waals surface area contributed by atoms with E-state index in [1.54, 1.807) is 0 Å². The van der Waals surface area contributed by atoms with Crippen molar-refractivity contribution in [2.24, 2.45) is 35.5 Å². The zero-order valence-electron chi connectivity index (χ0n) is 57.3. The number of unbranched alkanes of at least 4 members (excludes halogenated alkanes) is 1. The molecule has 0 bridgehead atoms. The van der Waals surface area contributed by atoms with Crippen molar-refractivity contribution in [1.82, 2.24) is 14.2 Å². The van der Waals surface area contributed by atoms with Gasteiger partial charge in [-0.15, -0.1) is 6.58 Å². The van der Waals surface area contributed by atoms with Crippen LogP contribution in [0.1, 0.15) is 127 Å². The van der Waals surface area contributed by atoms with Crippen molar-refractivity contribution in [1.29, 1.82) is 0 Å². The van der Waals surface area contributed by atoms with Crippen molar-refractivity contribution in [3.8, 4) is 17.2 Å². The highest BCUT2D eigenvalue weighted by molar-refractivity contribution is 7.93. The van der Waals surface area contributed by atoms with Gasteiger partial charge >= 0.3 is 0 Å². The molecule has 3 aliphatic carbocycles. The van der Waals surface area contributed by atoms with Crippen molar-refractivity contribution < 1.29 is 91.1 Å². The van der Waals surface area contributed by atoms with Crippen LogP contribution in [0.4, 0.5) is 26.3 Å². The maximum absolute atomic E-state index is 15.5. The fourth-order valence-electron chi connectivity index (χ4n) is 18.8. The molecule has 0 amide bonds. The van der Waals surface area contributed by atoms with E-state index in [0.29, 0.717) is 40.8 Å². The normalized spacial score (nSPS) is 31.3. The summed E-state index contributed by atoms with van der Waals surface area (Å²) in [5, 5.41) is -1.17. The van der Waals surface area contributed by atoms with E-state index in [0.717, 1.165) is 42.8 Å². The Morgan fingerprint density at radius 1 is 0.434 bits per heavy atom. The second-order valence-electron chi connectivity index (χ2n) is 28.9. The van der Waals surface area contributed by atoms with Crippen LogP contribution in [0.2, 0.25) is 15.1 Å². The highest BCUT2D eigenvalue weighted by Gasteiger charge is 2.68. The number of sulfonamides is 3. The lowest BCUT2D eigenvalue weighted by Crippen LogP contribution is -2.63. The molecule has 6 aromatic rings. The lowest BCUT2D eigenvalue weighted by Gasteiger charge is -2.54. The number of rotatable bonds is 13. The second-order valence-corrected chi connectivity index (χ2v) is 42.8. The molecule has 6 aliphatic heterocycles. The molecule has 6 fully saturated rings.